The van der Waals surface area contributed by atoms with Crippen LogP contribution in [0.2, 0.25) is 0 Å². The van der Waals surface area contributed by atoms with Crippen LogP contribution in [0.25, 0.3) is 0 Å². The van der Waals surface area contributed by atoms with E-state index >= 15 is 0 Å². The Morgan fingerprint density at radius 2 is 2.00 bits per heavy atom. The first-order valence-electron chi connectivity index (χ1n) is 3.24. The third-order valence-electron chi connectivity index (χ3n) is 1.67. The predicted molar refractivity (Wildman–Crippen MR) is 39.8 cm³/mol. The molecule has 0 aromatic carbocycles. The quantitative estimate of drug-likeness (QED) is 0.540. The molecule has 4 N–H and O–H groups in total. The van der Waals surface area contributed by atoms with E-state index in [4.69, 9.17) is 5.73 Å². The van der Waals surface area contributed by atoms with Gasteiger partial charge in [-0.25, -0.2) is 0 Å². The molecule has 0 saturated carbocycles. The molecule has 1 rings (SSSR count). The Morgan fingerprint density at radius 3 is 2.20 bits per heavy atom. The molecule has 3 heteroatoms. The molecule has 1 heterocycles. The Morgan fingerprint density at radius 1 is 1.40 bits per heavy atom. The van der Waals surface area contributed by atoms with E-state index in [0.717, 1.165) is 17.0 Å². The molecule has 0 fully saturated rings. The van der Waals surface area contributed by atoms with Crippen LogP contribution in [0, 0.1) is 13.8 Å². The highest BCUT2D eigenvalue weighted by Gasteiger charge is 2.07. The third-order valence-corrected chi connectivity index (χ3v) is 1.67. The first-order valence-corrected chi connectivity index (χ1v) is 3.24. The van der Waals surface area contributed by atoms with Crippen LogP contribution in [0.4, 0.5) is 0 Å². The lowest BCUT2D eigenvalue weighted by atomic mass is 10.2. The fraction of sp³-hybridized carbons (Fsp3) is 0.429. The van der Waals surface area contributed by atoms with Crippen molar-refractivity contribution in [1.29, 1.82) is 0 Å². The molecule has 0 aliphatic heterocycles. The van der Waals surface area contributed by atoms with E-state index in [1.54, 1.807) is 0 Å². The highest BCUT2D eigenvalue weighted by atomic mass is 16.3. The molecule has 0 aliphatic rings. The van der Waals surface area contributed by atoms with Crippen molar-refractivity contribution in [3.63, 3.8) is 0 Å². The minimum atomic E-state index is 0.306. The van der Waals surface area contributed by atoms with Crippen LogP contribution < -0.4 is 5.73 Å². The van der Waals surface area contributed by atoms with Gasteiger partial charge in [-0.15, -0.1) is 0 Å². The van der Waals surface area contributed by atoms with Crippen LogP contribution in [0.3, 0.4) is 0 Å². The number of aryl methyl sites for hydroxylation is 2. The van der Waals surface area contributed by atoms with Crippen LogP contribution in [0.1, 0.15) is 17.0 Å². The lowest BCUT2D eigenvalue weighted by molar-refractivity contribution is 0.465. The van der Waals surface area contributed by atoms with E-state index in [9.17, 15) is 5.11 Å². The van der Waals surface area contributed by atoms with Gasteiger partial charge in [0.1, 0.15) is 5.75 Å². The molecular formula is C7H12N2O. The Bertz CT molecular complexity index is 240. The summed E-state index contributed by atoms with van der Waals surface area (Å²) in [6.45, 7) is 4.11. The standard InChI is InChI=1S/C7H12N2O/c1-4-6(3-8)7(10)5(2)9-4/h9-10H,3,8H2,1-2H3. The van der Waals surface area contributed by atoms with Gasteiger partial charge in [-0.1, -0.05) is 0 Å². The molecule has 0 spiro atoms. The zero-order valence-corrected chi connectivity index (χ0v) is 6.23. The normalized spacial score (nSPS) is 10.3. The molecule has 0 unspecified atom stereocenters. The summed E-state index contributed by atoms with van der Waals surface area (Å²) >= 11 is 0. The molecule has 10 heavy (non-hydrogen) atoms. The number of nitrogens with two attached hydrogens (primary N) is 1. The summed E-state index contributed by atoms with van der Waals surface area (Å²) in [6.07, 6.45) is 0. The average Bonchev–Trinajstić information content (AvgIpc) is 2.09. The number of aromatic hydroxyl groups is 1. The molecule has 1 aromatic heterocycles. The smallest absolute Gasteiger partial charge is 0.140 e. The molecule has 0 saturated heterocycles. The molecule has 0 atom stereocenters. The van der Waals surface area contributed by atoms with E-state index in [1.807, 2.05) is 13.8 Å². The minimum absolute atomic E-state index is 0.306. The van der Waals surface area contributed by atoms with Gasteiger partial charge < -0.3 is 15.8 Å². The topological polar surface area (TPSA) is 62.0 Å². The summed E-state index contributed by atoms with van der Waals surface area (Å²) in [7, 11) is 0. The van der Waals surface area contributed by atoms with Crippen LogP contribution in [-0.4, -0.2) is 10.1 Å². The van der Waals surface area contributed by atoms with Crippen molar-refractivity contribution >= 4 is 0 Å². The molecule has 0 amide bonds. The number of nitrogens with one attached hydrogen (secondary N) is 1. The monoisotopic (exact) mass is 140 g/mol. The Labute approximate surface area is 59.9 Å². The summed E-state index contributed by atoms with van der Waals surface area (Å²) in [5, 5.41) is 9.31. The van der Waals surface area contributed by atoms with Gasteiger partial charge >= 0.3 is 0 Å². The SMILES string of the molecule is Cc1[nH]c(C)c(CN)c1O. The van der Waals surface area contributed by atoms with Crippen molar-refractivity contribution in [2.75, 3.05) is 0 Å². The second kappa shape index (κ2) is 2.34. The summed E-state index contributed by atoms with van der Waals surface area (Å²) in [4.78, 5) is 3.00. The molecule has 1 aromatic rings. The predicted octanol–water partition coefficient (Wildman–Crippen LogP) is 0.796. The summed E-state index contributed by atoms with van der Waals surface area (Å²) in [6, 6.07) is 0. The van der Waals surface area contributed by atoms with Crippen molar-refractivity contribution in [3.8, 4) is 5.75 Å². The van der Waals surface area contributed by atoms with E-state index in [-0.39, 0.29) is 0 Å². The lowest BCUT2D eigenvalue weighted by Crippen LogP contribution is -1.96. The maximum Gasteiger partial charge on any atom is 0.140 e. The minimum Gasteiger partial charge on any atom is -0.506 e. The first kappa shape index (κ1) is 7.15. The van der Waals surface area contributed by atoms with Crippen LogP contribution >= 0.6 is 0 Å². The Hall–Kier alpha value is -0.960. The first-order chi connectivity index (χ1) is 4.66. The van der Waals surface area contributed by atoms with Crippen molar-refractivity contribution < 1.29 is 5.11 Å². The number of rotatable bonds is 1. The van der Waals surface area contributed by atoms with Gasteiger partial charge in [-0.05, 0) is 13.8 Å². The van der Waals surface area contributed by atoms with Crippen molar-refractivity contribution in [2.45, 2.75) is 20.4 Å². The number of aromatic amines is 1. The summed E-state index contributed by atoms with van der Waals surface area (Å²) in [5.74, 6) is 0.306. The molecule has 3 nitrogen and oxygen atoms in total. The maximum atomic E-state index is 9.31. The number of H-pyrrole nitrogens is 1. The van der Waals surface area contributed by atoms with E-state index < -0.39 is 0 Å². The fourth-order valence-electron chi connectivity index (χ4n) is 1.07. The zero-order valence-electron chi connectivity index (χ0n) is 6.23. The summed E-state index contributed by atoms with van der Waals surface area (Å²) < 4.78 is 0. The van der Waals surface area contributed by atoms with Crippen LogP contribution in [0.5, 0.6) is 5.75 Å². The molecular weight excluding hydrogens is 128 g/mol. The highest BCUT2D eigenvalue weighted by Crippen LogP contribution is 2.23. The Kier molecular flexibility index (Phi) is 1.68. The van der Waals surface area contributed by atoms with Crippen LogP contribution in [0.15, 0.2) is 0 Å². The second-order valence-electron chi connectivity index (χ2n) is 2.41. The zero-order chi connectivity index (χ0) is 7.72. The van der Waals surface area contributed by atoms with Gasteiger partial charge in [0, 0.05) is 17.8 Å². The van der Waals surface area contributed by atoms with Gasteiger partial charge in [0.25, 0.3) is 0 Å². The number of hydrogen-bond acceptors (Lipinski definition) is 2. The van der Waals surface area contributed by atoms with E-state index in [0.29, 0.717) is 12.3 Å². The van der Waals surface area contributed by atoms with Crippen molar-refractivity contribution in [1.82, 2.24) is 4.98 Å². The summed E-state index contributed by atoms with van der Waals surface area (Å²) in [5.41, 5.74) is 7.95. The van der Waals surface area contributed by atoms with E-state index in [2.05, 4.69) is 4.98 Å². The van der Waals surface area contributed by atoms with E-state index in [1.165, 1.54) is 0 Å². The van der Waals surface area contributed by atoms with Gasteiger partial charge in [0.15, 0.2) is 0 Å². The third kappa shape index (κ3) is 0.885. The number of hydrogen-bond donors (Lipinski definition) is 3. The van der Waals surface area contributed by atoms with Gasteiger partial charge in [-0.3, -0.25) is 0 Å². The maximum absolute atomic E-state index is 9.31. The second-order valence-corrected chi connectivity index (χ2v) is 2.41. The molecule has 0 bridgehead atoms. The molecule has 0 radical (unpaired) electrons. The van der Waals surface area contributed by atoms with Crippen molar-refractivity contribution in [3.05, 3.63) is 17.0 Å². The lowest BCUT2D eigenvalue weighted by Gasteiger charge is -1.93. The fourth-order valence-corrected chi connectivity index (χ4v) is 1.07. The Balaban J connectivity index is 3.20. The van der Waals surface area contributed by atoms with Gasteiger partial charge in [0.05, 0.1) is 5.69 Å². The highest BCUT2D eigenvalue weighted by molar-refractivity contribution is 5.40. The molecule has 56 valence electrons. The van der Waals surface area contributed by atoms with Crippen molar-refractivity contribution in [2.24, 2.45) is 5.73 Å². The average molecular weight is 140 g/mol. The van der Waals surface area contributed by atoms with Gasteiger partial charge in [0.2, 0.25) is 0 Å². The molecule has 0 aliphatic carbocycles. The number of aromatic nitrogens is 1. The van der Waals surface area contributed by atoms with Crippen LogP contribution in [-0.2, 0) is 6.54 Å². The van der Waals surface area contributed by atoms with Gasteiger partial charge in [-0.2, -0.15) is 0 Å². The largest absolute Gasteiger partial charge is 0.506 e.